The van der Waals surface area contributed by atoms with E-state index in [2.05, 4.69) is 24.1 Å². The van der Waals surface area contributed by atoms with Crippen molar-refractivity contribution in [2.24, 2.45) is 0 Å². The highest BCUT2D eigenvalue weighted by Crippen LogP contribution is 2.17. The summed E-state index contributed by atoms with van der Waals surface area (Å²) in [6, 6.07) is 14.8. The van der Waals surface area contributed by atoms with Gasteiger partial charge in [-0.25, -0.2) is 0 Å². The van der Waals surface area contributed by atoms with Crippen LogP contribution in [0.15, 0.2) is 60.7 Å². The van der Waals surface area contributed by atoms with Crippen molar-refractivity contribution >= 4 is 17.3 Å². The fraction of sp³-hybridized carbons (Fsp3) is 0.286. The minimum Gasteiger partial charge on any atom is -0.494 e. The zero-order valence-corrected chi connectivity index (χ0v) is 15.4. The third-order valence-corrected chi connectivity index (χ3v) is 3.40. The molecule has 0 radical (unpaired) electrons. The van der Waals surface area contributed by atoms with Gasteiger partial charge in [-0.3, -0.25) is 4.79 Å². The van der Waals surface area contributed by atoms with Crippen LogP contribution in [0, 0.1) is 0 Å². The van der Waals surface area contributed by atoms with E-state index in [4.69, 9.17) is 9.47 Å². The number of hydrogen-bond acceptors (Lipinski definition) is 4. The lowest BCUT2D eigenvalue weighted by molar-refractivity contribution is -0.114. The molecule has 0 unspecified atom stereocenters. The van der Waals surface area contributed by atoms with E-state index < -0.39 is 0 Å². The van der Waals surface area contributed by atoms with Crippen LogP contribution in [0.25, 0.3) is 0 Å². The van der Waals surface area contributed by atoms with Crippen LogP contribution in [0.2, 0.25) is 0 Å². The normalized spacial score (nSPS) is 10.1. The molecule has 0 bridgehead atoms. The smallest absolute Gasteiger partial charge is 0.243 e. The molecule has 26 heavy (non-hydrogen) atoms. The first-order valence-electron chi connectivity index (χ1n) is 8.70. The molecule has 1 amide bonds. The molecule has 2 aromatic carbocycles. The minimum atomic E-state index is -0.116. The van der Waals surface area contributed by atoms with Gasteiger partial charge in [-0.15, -0.1) is 0 Å². The van der Waals surface area contributed by atoms with Crippen LogP contribution in [0.4, 0.5) is 11.4 Å². The zero-order chi connectivity index (χ0) is 18.8. The maximum Gasteiger partial charge on any atom is 0.243 e. The van der Waals surface area contributed by atoms with Gasteiger partial charge < -0.3 is 20.1 Å². The van der Waals surface area contributed by atoms with Crippen molar-refractivity contribution in [2.45, 2.75) is 20.3 Å². The number of benzene rings is 2. The largest absolute Gasteiger partial charge is 0.494 e. The molecular weight excluding hydrogens is 328 g/mol. The molecule has 5 nitrogen and oxygen atoms in total. The van der Waals surface area contributed by atoms with Crippen LogP contribution >= 0.6 is 0 Å². The molecule has 0 atom stereocenters. The quantitative estimate of drug-likeness (QED) is 0.618. The van der Waals surface area contributed by atoms with E-state index in [9.17, 15) is 4.79 Å². The summed E-state index contributed by atoms with van der Waals surface area (Å²) in [4.78, 5) is 12.0. The van der Waals surface area contributed by atoms with E-state index in [0.29, 0.717) is 13.2 Å². The summed E-state index contributed by atoms with van der Waals surface area (Å²) in [5.74, 6) is 1.46. The van der Waals surface area contributed by atoms with E-state index in [0.717, 1.165) is 34.9 Å². The molecule has 0 heterocycles. The molecule has 0 aliphatic heterocycles. The monoisotopic (exact) mass is 354 g/mol. The molecule has 2 N–H and O–H groups in total. The first-order valence-corrected chi connectivity index (χ1v) is 8.70. The Morgan fingerprint density at radius 3 is 2.12 bits per heavy atom. The number of nitrogens with one attached hydrogen (secondary N) is 2. The van der Waals surface area contributed by atoms with Crippen molar-refractivity contribution in [3.05, 3.63) is 60.7 Å². The van der Waals surface area contributed by atoms with Gasteiger partial charge in [-0.05, 0) is 67.4 Å². The number of carbonyl (C=O) groups is 1. The summed E-state index contributed by atoms with van der Waals surface area (Å²) in [5.41, 5.74) is 2.56. The second-order valence-corrected chi connectivity index (χ2v) is 6.04. The Bertz CT molecular complexity index is 709. The molecular formula is C21H26N2O3. The standard InChI is InChI=1S/C21H26N2O3/c1-4-13-25-19-11-7-18(8-12-19)23-21(24)14-22-17-5-9-20(10-6-17)26-15-16(2)3/h5-12,22H,2,4,13-15H2,1,3H3,(H,23,24). The number of rotatable bonds is 10. The SMILES string of the molecule is C=C(C)COc1ccc(NCC(=O)Nc2ccc(OCCC)cc2)cc1. The van der Waals surface area contributed by atoms with Crippen LogP contribution in [-0.4, -0.2) is 25.7 Å². The maximum absolute atomic E-state index is 12.0. The van der Waals surface area contributed by atoms with Crippen LogP contribution in [-0.2, 0) is 4.79 Å². The Labute approximate surface area is 155 Å². The molecule has 0 saturated carbocycles. The summed E-state index contributed by atoms with van der Waals surface area (Å²) in [6.45, 7) is 9.14. The third-order valence-electron chi connectivity index (χ3n) is 3.40. The van der Waals surface area contributed by atoms with Crippen molar-refractivity contribution in [2.75, 3.05) is 30.4 Å². The Kier molecular flexibility index (Phi) is 7.55. The number of carbonyl (C=O) groups excluding carboxylic acids is 1. The minimum absolute atomic E-state index is 0.116. The van der Waals surface area contributed by atoms with Crippen molar-refractivity contribution in [3.8, 4) is 11.5 Å². The van der Waals surface area contributed by atoms with Gasteiger partial charge in [0.2, 0.25) is 5.91 Å². The molecule has 138 valence electrons. The zero-order valence-electron chi connectivity index (χ0n) is 15.4. The van der Waals surface area contributed by atoms with E-state index >= 15 is 0 Å². The third kappa shape index (κ3) is 6.89. The predicted molar refractivity (Wildman–Crippen MR) is 106 cm³/mol. The van der Waals surface area contributed by atoms with Crippen molar-refractivity contribution in [3.63, 3.8) is 0 Å². The highest BCUT2D eigenvalue weighted by Gasteiger charge is 2.03. The van der Waals surface area contributed by atoms with Crippen molar-refractivity contribution in [1.82, 2.24) is 0 Å². The molecule has 2 aromatic rings. The number of amides is 1. The fourth-order valence-electron chi connectivity index (χ4n) is 2.12. The Balaban J connectivity index is 1.76. The van der Waals surface area contributed by atoms with Crippen LogP contribution in [0.1, 0.15) is 20.3 Å². The second kappa shape index (κ2) is 10.1. The average molecular weight is 354 g/mol. The fourth-order valence-corrected chi connectivity index (χ4v) is 2.12. The second-order valence-electron chi connectivity index (χ2n) is 6.04. The van der Waals surface area contributed by atoms with Gasteiger partial charge in [-0.2, -0.15) is 0 Å². The average Bonchev–Trinajstić information content (AvgIpc) is 2.65. The molecule has 2 rings (SSSR count). The number of hydrogen-bond donors (Lipinski definition) is 2. The highest BCUT2D eigenvalue weighted by molar-refractivity contribution is 5.93. The van der Waals surface area contributed by atoms with Crippen LogP contribution in [0.3, 0.4) is 0 Å². The highest BCUT2D eigenvalue weighted by atomic mass is 16.5. The topological polar surface area (TPSA) is 59.6 Å². The van der Waals surface area contributed by atoms with E-state index in [1.54, 1.807) is 0 Å². The maximum atomic E-state index is 12.0. The lowest BCUT2D eigenvalue weighted by Crippen LogP contribution is -2.21. The van der Waals surface area contributed by atoms with Gasteiger partial charge in [0.25, 0.3) is 0 Å². The van der Waals surface area contributed by atoms with Crippen molar-refractivity contribution in [1.29, 1.82) is 0 Å². The first kappa shape index (κ1) is 19.4. The molecule has 0 aromatic heterocycles. The van der Waals surface area contributed by atoms with E-state index in [1.165, 1.54) is 0 Å². The molecule has 0 spiro atoms. The van der Waals surface area contributed by atoms with Crippen LogP contribution in [0.5, 0.6) is 11.5 Å². The van der Waals surface area contributed by atoms with Gasteiger partial charge in [0, 0.05) is 11.4 Å². The molecule has 0 aliphatic rings. The summed E-state index contributed by atoms with van der Waals surface area (Å²) in [7, 11) is 0. The van der Waals surface area contributed by atoms with Gasteiger partial charge in [-0.1, -0.05) is 13.5 Å². The van der Waals surface area contributed by atoms with E-state index in [-0.39, 0.29) is 12.5 Å². The lowest BCUT2D eigenvalue weighted by atomic mass is 10.3. The molecule has 0 aliphatic carbocycles. The Morgan fingerprint density at radius 1 is 0.962 bits per heavy atom. The van der Waals surface area contributed by atoms with E-state index in [1.807, 2.05) is 55.5 Å². The summed E-state index contributed by atoms with van der Waals surface area (Å²) < 4.78 is 11.1. The van der Waals surface area contributed by atoms with Gasteiger partial charge >= 0.3 is 0 Å². The first-order chi connectivity index (χ1) is 12.6. The van der Waals surface area contributed by atoms with Gasteiger partial charge in [0.05, 0.1) is 13.2 Å². The van der Waals surface area contributed by atoms with Gasteiger partial charge in [0.15, 0.2) is 0 Å². The van der Waals surface area contributed by atoms with Crippen LogP contribution < -0.4 is 20.1 Å². The summed E-state index contributed by atoms with van der Waals surface area (Å²) in [6.07, 6.45) is 0.963. The molecule has 0 fully saturated rings. The number of ether oxygens (including phenoxy) is 2. The van der Waals surface area contributed by atoms with Crippen molar-refractivity contribution < 1.29 is 14.3 Å². The van der Waals surface area contributed by atoms with Gasteiger partial charge in [0.1, 0.15) is 18.1 Å². The predicted octanol–water partition coefficient (Wildman–Crippen LogP) is 4.48. The Hall–Kier alpha value is -2.95. The summed E-state index contributed by atoms with van der Waals surface area (Å²) in [5, 5.41) is 5.93. The Morgan fingerprint density at radius 2 is 1.54 bits per heavy atom. The summed E-state index contributed by atoms with van der Waals surface area (Å²) >= 11 is 0. The lowest BCUT2D eigenvalue weighted by Gasteiger charge is -2.10. The number of anilines is 2. The molecule has 0 saturated heterocycles. The molecule has 5 heteroatoms.